The molecule has 0 spiro atoms. The molecular formula is C11H13BrN2O2. The van der Waals surface area contributed by atoms with Crippen molar-refractivity contribution in [3.05, 3.63) is 28.7 Å². The molecule has 1 rings (SSSR count). The first-order valence-electron chi connectivity index (χ1n) is 4.88. The summed E-state index contributed by atoms with van der Waals surface area (Å²) in [6, 6.07) is 7.01. The van der Waals surface area contributed by atoms with Crippen LogP contribution in [0.3, 0.4) is 0 Å². The van der Waals surface area contributed by atoms with E-state index < -0.39 is 0 Å². The van der Waals surface area contributed by atoms with Crippen LogP contribution < -0.4 is 10.6 Å². The first-order chi connectivity index (χ1) is 7.59. The minimum atomic E-state index is -0.312. The predicted octanol–water partition coefficient (Wildman–Crippen LogP) is 2.55. The number of urea groups is 1. The summed E-state index contributed by atoms with van der Waals surface area (Å²) in [5, 5.41) is 5.27. The van der Waals surface area contributed by atoms with Crippen molar-refractivity contribution in [1.29, 1.82) is 0 Å². The Bertz CT molecular complexity index is 393. The number of Topliss-reactive ketones (excluding diaryl/α,β-unsaturated/α-hetero) is 1. The van der Waals surface area contributed by atoms with E-state index in [1.54, 1.807) is 6.07 Å². The number of carbonyl (C=O) groups excluding carboxylic acids is 2. The van der Waals surface area contributed by atoms with Crippen LogP contribution in [0.15, 0.2) is 28.7 Å². The second-order valence-corrected chi connectivity index (χ2v) is 4.17. The zero-order valence-electron chi connectivity index (χ0n) is 8.92. The van der Waals surface area contributed by atoms with Crippen LogP contribution in [0.2, 0.25) is 0 Å². The van der Waals surface area contributed by atoms with E-state index >= 15 is 0 Å². The third-order valence-corrected chi connectivity index (χ3v) is 2.58. The molecule has 0 saturated heterocycles. The second kappa shape index (κ2) is 6.27. The molecule has 0 fully saturated rings. The van der Waals surface area contributed by atoms with Gasteiger partial charge in [0.1, 0.15) is 5.78 Å². The first kappa shape index (κ1) is 12.7. The van der Waals surface area contributed by atoms with Gasteiger partial charge in [0.15, 0.2) is 0 Å². The van der Waals surface area contributed by atoms with Crippen LogP contribution >= 0.6 is 15.9 Å². The quantitative estimate of drug-likeness (QED) is 0.893. The fraction of sp³-hybridized carbons (Fsp3) is 0.273. The van der Waals surface area contributed by atoms with Crippen LogP contribution in [-0.4, -0.2) is 18.4 Å². The van der Waals surface area contributed by atoms with E-state index in [4.69, 9.17) is 0 Å². The molecule has 4 nitrogen and oxygen atoms in total. The number of halogens is 1. The van der Waals surface area contributed by atoms with Crippen molar-refractivity contribution < 1.29 is 9.59 Å². The molecule has 2 N–H and O–H groups in total. The summed E-state index contributed by atoms with van der Waals surface area (Å²) in [6.07, 6.45) is 0.351. The van der Waals surface area contributed by atoms with E-state index in [0.717, 1.165) is 4.47 Å². The second-order valence-electron chi connectivity index (χ2n) is 3.31. The lowest BCUT2D eigenvalue weighted by Gasteiger charge is -2.08. The Morgan fingerprint density at radius 1 is 1.31 bits per heavy atom. The third kappa shape index (κ3) is 4.44. The molecule has 1 aromatic rings. The third-order valence-electron chi connectivity index (χ3n) is 1.88. The van der Waals surface area contributed by atoms with Gasteiger partial charge in [-0.2, -0.15) is 0 Å². The van der Waals surface area contributed by atoms with E-state index in [-0.39, 0.29) is 11.8 Å². The van der Waals surface area contributed by atoms with Crippen molar-refractivity contribution in [1.82, 2.24) is 5.32 Å². The molecule has 0 atom stereocenters. The standard InChI is InChI=1S/C11H13BrN2O2/c1-8(15)6-7-13-11(16)14-10-5-3-2-4-9(10)12/h2-5H,6-7H2,1H3,(H2,13,14,16). The largest absolute Gasteiger partial charge is 0.337 e. The molecule has 0 heterocycles. The minimum Gasteiger partial charge on any atom is -0.337 e. The lowest BCUT2D eigenvalue weighted by atomic mass is 10.3. The molecule has 16 heavy (non-hydrogen) atoms. The van der Waals surface area contributed by atoms with Crippen LogP contribution in [0, 0.1) is 0 Å². The molecule has 2 amide bonds. The van der Waals surface area contributed by atoms with Crippen molar-refractivity contribution >= 4 is 33.4 Å². The highest BCUT2D eigenvalue weighted by Gasteiger charge is 2.03. The molecule has 86 valence electrons. The first-order valence-corrected chi connectivity index (χ1v) is 5.67. The molecule has 5 heteroatoms. The summed E-state index contributed by atoms with van der Waals surface area (Å²) in [7, 11) is 0. The van der Waals surface area contributed by atoms with Crippen LogP contribution in [0.5, 0.6) is 0 Å². The number of para-hydroxylation sites is 1. The van der Waals surface area contributed by atoms with Gasteiger partial charge in [-0.15, -0.1) is 0 Å². The SMILES string of the molecule is CC(=O)CCNC(=O)Nc1ccccc1Br. The number of hydrogen-bond acceptors (Lipinski definition) is 2. The minimum absolute atomic E-state index is 0.0567. The van der Waals surface area contributed by atoms with E-state index in [9.17, 15) is 9.59 Å². The average Bonchev–Trinajstić information content (AvgIpc) is 2.21. The van der Waals surface area contributed by atoms with Crippen molar-refractivity contribution in [2.45, 2.75) is 13.3 Å². The number of anilines is 1. The highest BCUT2D eigenvalue weighted by atomic mass is 79.9. The van der Waals surface area contributed by atoms with Gasteiger partial charge in [-0.05, 0) is 35.0 Å². The molecule has 1 aromatic carbocycles. The summed E-state index contributed by atoms with van der Waals surface area (Å²) in [6.45, 7) is 1.85. The number of hydrogen-bond donors (Lipinski definition) is 2. The van der Waals surface area contributed by atoms with E-state index in [1.807, 2.05) is 18.2 Å². The van der Waals surface area contributed by atoms with Gasteiger partial charge >= 0.3 is 6.03 Å². The number of ketones is 1. The fourth-order valence-electron chi connectivity index (χ4n) is 1.08. The van der Waals surface area contributed by atoms with Crippen LogP contribution in [0.4, 0.5) is 10.5 Å². The zero-order chi connectivity index (χ0) is 12.0. The zero-order valence-corrected chi connectivity index (χ0v) is 10.5. The molecule has 0 aromatic heterocycles. The van der Waals surface area contributed by atoms with Gasteiger partial charge in [0.25, 0.3) is 0 Å². The monoisotopic (exact) mass is 284 g/mol. The number of amides is 2. The van der Waals surface area contributed by atoms with Crippen molar-refractivity contribution in [2.75, 3.05) is 11.9 Å². The van der Waals surface area contributed by atoms with Crippen LogP contribution in [0.1, 0.15) is 13.3 Å². The number of benzene rings is 1. The van der Waals surface area contributed by atoms with Gasteiger partial charge in [0.2, 0.25) is 0 Å². The summed E-state index contributed by atoms with van der Waals surface area (Å²) in [5.41, 5.74) is 0.697. The fourth-order valence-corrected chi connectivity index (χ4v) is 1.47. The highest BCUT2D eigenvalue weighted by molar-refractivity contribution is 9.10. The smallest absolute Gasteiger partial charge is 0.319 e. The predicted molar refractivity (Wildman–Crippen MR) is 66.5 cm³/mol. The number of rotatable bonds is 4. The highest BCUT2D eigenvalue weighted by Crippen LogP contribution is 2.20. The number of carbonyl (C=O) groups is 2. The molecule has 0 bridgehead atoms. The van der Waals surface area contributed by atoms with Crippen LogP contribution in [-0.2, 0) is 4.79 Å². The van der Waals surface area contributed by atoms with Crippen molar-refractivity contribution in [3.8, 4) is 0 Å². The summed E-state index contributed by atoms with van der Waals surface area (Å²) in [4.78, 5) is 22.1. The summed E-state index contributed by atoms with van der Waals surface area (Å²) in [5.74, 6) is 0.0567. The number of nitrogens with one attached hydrogen (secondary N) is 2. The maximum absolute atomic E-state index is 11.4. The van der Waals surface area contributed by atoms with E-state index in [1.165, 1.54) is 6.92 Å². The normalized spacial score (nSPS) is 9.62. The van der Waals surface area contributed by atoms with Gasteiger partial charge in [-0.1, -0.05) is 12.1 Å². The molecule has 0 aliphatic rings. The lowest BCUT2D eigenvalue weighted by molar-refractivity contribution is -0.116. The Hall–Kier alpha value is -1.36. The van der Waals surface area contributed by atoms with E-state index in [0.29, 0.717) is 18.7 Å². The van der Waals surface area contributed by atoms with Gasteiger partial charge < -0.3 is 10.6 Å². The molecule has 0 saturated carbocycles. The summed E-state index contributed by atoms with van der Waals surface area (Å²) >= 11 is 3.32. The molecule has 0 unspecified atom stereocenters. The molecule has 0 radical (unpaired) electrons. The Morgan fingerprint density at radius 2 is 2.00 bits per heavy atom. The Morgan fingerprint density at radius 3 is 2.62 bits per heavy atom. The summed E-state index contributed by atoms with van der Waals surface area (Å²) < 4.78 is 0.816. The average molecular weight is 285 g/mol. The van der Waals surface area contributed by atoms with Crippen LogP contribution in [0.25, 0.3) is 0 Å². The Labute approximate surface area is 103 Å². The molecule has 0 aliphatic carbocycles. The lowest BCUT2D eigenvalue weighted by Crippen LogP contribution is -2.30. The van der Waals surface area contributed by atoms with Gasteiger partial charge in [-0.3, -0.25) is 4.79 Å². The van der Waals surface area contributed by atoms with Crippen molar-refractivity contribution in [2.24, 2.45) is 0 Å². The van der Waals surface area contributed by atoms with Gasteiger partial charge in [0.05, 0.1) is 5.69 Å². The van der Waals surface area contributed by atoms with Gasteiger partial charge in [-0.25, -0.2) is 4.79 Å². The molecular weight excluding hydrogens is 272 g/mol. The van der Waals surface area contributed by atoms with Crippen molar-refractivity contribution in [3.63, 3.8) is 0 Å². The Balaban J connectivity index is 2.40. The van der Waals surface area contributed by atoms with E-state index in [2.05, 4.69) is 26.6 Å². The Kier molecular flexibility index (Phi) is 4.98. The topological polar surface area (TPSA) is 58.2 Å². The maximum Gasteiger partial charge on any atom is 0.319 e. The maximum atomic E-state index is 11.4. The molecule has 0 aliphatic heterocycles. The van der Waals surface area contributed by atoms with Gasteiger partial charge in [0, 0.05) is 17.4 Å².